The molecular formula is C29H38N6O2. The predicted molar refractivity (Wildman–Crippen MR) is 149 cm³/mol. The molecule has 2 heterocycles. The number of hydrogen-bond acceptors (Lipinski definition) is 7. The summed E-state index contributed by atoms with van der Waals surface area (Å²) in [6.45, 7) is 6.99. The molecule has 4 rings (SSSR count). The van der Waals surface area contributed by atoms with Crippen molar-refractivity contribution in [3.05, 3.63) is 71.9 Å². The van der Waals surface area contributed by atoms with Crippen LogP contribution >= 0.6 is 0 Å². The first-order valence-electron chi connectivity index (χ1n) is 13.1. The van der Waals surface area contributed by atoms with Crippen LogP contribution < -0.4 is 10.6 Å². The first-order valence-corrected chi connectivity index (χ1v) is 13.1. The third-order valence-corrected chi connectivity index (χ3v) is 6.81. The quantitative estimate of drug-likeness (QED) is 0.360. The number of aliphatic hydroxyl groups is 1. The summed E-state index contributed by atoms with van der Waals surface area (Å²) in [4.78, 5) is 25.9. The Kier molecular flexibility index (Phi) is 8.74. The highest BCUT2D eigenvalue weighted by Gasteiger charge is 2.35. The van der Waals surface area contributed by atoms with E-state index in [4.69, 9.17) is 0 Å². The number of anilines is 4. The summed E-state index contributed by atoms with van der Waals surface area (Å²) < 4.78 is 0. The van der Waals surface area contributed by atoms with E-state index in [-0.39, 0.29) is 5.91 Å². The van der Waals surface area contributed by atoms with E-state index in [2.05, 4.69) is 46.4 Å². The molecule has 1 aliphatic rings. The van der Waals surface area contributed by atoms with Gasteiger partial charge in [-0.3, -0.25) is 4.79 Å². The van der Waals surface area contributed by atoms with E-state index in [1.165, 1.54) is 5.56 Å². The lowest BCUT2D eigenvalue weighted by molar-refractivity contribution is -0.0363. The Bertz CT molecular complexity index is 1160. The maximum Gasteiger partial charge on any atom is 0.253 e. The molecular weight excluding hydrogens is 464 g/mol. The molecule has 1 fully saturated rings. The summed E-state index contributed by atoms with van der Waals surface area (Å²) in [7, 11) is 2.06. The van der Waals surface area contributed by atoms with Crippen molar-refractivity contribution in [2.45, 2.75) is 45.1 Å². The van der Waals surface area contributed by atoms with Crippen LogP contribution in [0, 0.1) is 6.92 Å². The number of likely N-dealkylation sites (N-methyl/N-ethyl adjacent to an activating group) is 1. The molecule has 1 amide bonds. The van der Waals surface area contributed by atoms with Crippen LogP contribution in [0.4, 0.5) is 23.1 Å². The van der Waals surface area contributed by atoms with Gasteiger partial charge in [0, 0.05) is 42.8 Å². The van der Waals surface area contributed by atoms with Crippen molar-refractivity contribution in [1.82, 2.24) is 19.8 Å². The summed E-state index contributed by atoms with van der Waals surface area (Å²) in [5.74, 6) is 1.15. The van der Waals surface area contributed by atoms with Gasteiger partial charge in [0.05, 0.1) is 5.60 Å². The minimum atomic E-state index is -0.726. The van der Waals surface area contributed by atoms with Gasteiger partial charge in [-0.05, 0) is 82.2 Å². The molecule has 1 saturated heterocycles. The molecule has 0 bridgehead atoms. The van der Waals surface area contributed by atoms with Gasteiger partial charge in [-0.2, -0.15) is 4.98 Å². The number of hydrogen-bond donors (Lipinski definition) is 3. The second kappa shape index (κ2) is 12.2. The molecule has 8 heteroatoms. The van der Waals surface area contributed by atoms with E-state index < -0.39 is 5.60 Å². The van der Waals surface area contributed by atoms with E-state index in [0.717, 1.165) is 30.8 Å². The van der Waals surface area contributed by atoms with Gasteiger partial charge in [0.25, 0.3) is 5.91 Å². The molecule has 2 aromatic carbocycles. The molecule has 0 saturated carbocycles. The van der Waals surface area contributed by atoms with Crippen molar-refractivity contribution in [1.29, 1.82) is 0 Å². The fourth-order valence-corrected chi connectivity index (χ4v) is 4.57. The highest BCUT2D eigenvalue weighted by Crippen LogP contribution is 2.25. The fourth-order valence-electron chi connectivity index (χ4n) is 4.57. The Morgan fingerprint density at radius 2 is 1.68 bits per heavy atom. The number of piperidine rings is 1. The SMILES string of the molecule is CCCCN(C)CC1(O)CCN(C(=O)c2ccc(Nc3nccc(Nc4ccc(C)cc4)n3)cc2)CC1. The van der Waals surface area contributed by atoms with Crippen LogP contribution in [0.5, 0.6) is 0 Å². The molecule has 196 valence electrons. The fraction of sp³-hybridized carbons (Fsp3) is 0.414. The van der Waals surface area contributed by atoms with Crippen molar-refractivity contribution >= 4 is 29.0 Å². The zero-order chi connectivity index (χ0) is 26.3. The maximum absolute atomic E-state index is 13.1. The van der Waals surface area contributed by atoms with Crippen molar-refractivity contribution in [2.75, 3.05) is 43.9 Å². The van der Waals surface area contributed by atoms with Gasteiger partial charge < -0.3 is 25.5 Å². The number of rotatable bonds is 10. The third kappa shape index (κ3) is 7.50. The summed E-state index contributed by atoms with van der Waals surface area (Å²) in [5.41, 5.74) is 2.86. The van der Waals surface area contributed by atoms with Gasteiger partial charge in [-0.1, -0.05) is 31.0 Å². The van der Waals surface area contributed by atoms with E-state index in [9.17, 15) is 9.90 Å². The Balaban J connectivity index is 1.30. The molecule has 8 nitrogen and oxygen atoms in total. The topological polar surface area (TPSA) is 93.6 Å². The van der Waals surface area contributed by atoms with Crippen LogP contribution in [0.2, 0.25) is 0 Å². The lowest BCUT2D eigenvalue weighted by atomic mass is 9.90. The molecule has 1 aliphatic heterocycles. The molecule has 1 aromatic heterocycles. The summed E-state index contributed by atoms with van der Waals surface area (Å²) in [6, 6.07) is 17.3. The number of carbonyl (C=O) groups excluding carboxylic acids is 1. The van der Waals surface area contributed by atoms with E-state index in [1.807, 2.05) is 59.5 Å². The largest absolute Gasteiger partial charge is 0.388 e. The minimum absolute atomic E-state index is 0.00603. The number of unbranched alkanes of at least 4 members (excludes halogenated alkanes) is 1. The molecule has 0 atom stereocenters. The number of aryl methyl sites for hydroxylation is 1. The zero-order valence-corrected chi connectivity index (χ0v) is 22.1. The average molecular weight is 503 g/mol. The smallest absolute Gasteiger partial charge is 0.253 e. The molecule has 3 aromatic rings. The van der Waals surface area contributed by atoms with Crippen LogP contribution in [0.3, 0.4) is 0 Å². The van der Waals surface area contributed by atoms with Gasteiger partial charge in [0.2, 0.25) is 5.95 Å². The number of likely N-dealkylation sites (tertiary alicyclic amines) is 1. The Morgan fingerprint density at radius 3 is 2.35 bits per heavy atom. The summed E-state index contributed by atoms with van der Waals surface area (Å²) >= 11 is 0. The monoisotopic (exact) mass is 502 g/mol. The summed E-state index contributed by atoms with van der Waals surface area (Å²) in [5, 5.41) is 17.5. The first kappa shape index (κ1) is 26.6. The number of nitrogens with one attached hydrogen (secondary N) is 2. The molecule has 0 radical (unpaired) electrons. The lowest BCUT2D eigenvalue weighted by Crippen LogP contribution is -2.51. The molecule has 37 heavy (non-hydrogen) atoms. The molecule has 0 aliphatic carbocycles. The summed E-state index contributed by atoms with van der Waals surface area (Å²) in [6.07, 6.45) is 5.16. The molecule has 0 spiro atoms. The Labute approximate surface area is 219 Å². The molecule has 0 unspecified atom stereocenters. The predicted octanol–water partition coefficient (Wildman–Crippen LogP) is 4.97. The number of aromatic nitrogens is 2. The van der Waals surface area contributed by atoms with Crippen molar-refractivity contribution in [2.24, 2.45) is 0 Å². The number of carbonyl (C=O) groups is 1. The highest BCUT2D eigenvalue weighted by molar-refractivity contribution is 5.94. The zero-order valence-electron chi connectivity index (χ0n) is 22.1. The van der Waals surface area contributed by atoms with Crippen molar-refractivity contribution in [3.8, 4) is 0 Å². The maximum atomic E-state index is 13.1. The van der Waals surface area contributed by atoms with Crippen LogP contribution in [0.25, 0.3) is 0 Å². The first-order chi connectivity index (χ1) is 17.8. The minimum Gasteiger partial charge on any atom is -0.388 e. The Morgan fingerprint density at radius 1 is 1.03 bits per heavy atom. The Hall–Kier alpha value is -3.49. The van der Waals surface area contributed by atoms with Crippen LogP contribution in [-0.2, 0) is 0 Å². The number of nitrogens with zero attached hydrogens (tertiary/aromatic N) is 4. The van der Waals surface area contributed by atoms with Gasteiger partial charge in [0.1, 0.15) is 5.82 Å². The second-order valence-corrected chi connectivity index (χ2v) is 10.1. The van der Waals surface area contributed by atoms with Crippen LogP contribution in [0.1, 0.15) is 48.5 Å². The lowest BCUT2D eigenvalue weighted by Gasteiger charge is -2.40. The van der Waals surface area contributed by atoms with Crippen molar-refractivity contribution in [3.63, 3.8) is 0 Å². The van der Waals surface area contributed by atoms with E-state index in [0.29, 0.717) is 49.8 Å². The van der Waals surface area contributed by atoms with Gasteiger partial charge in [-0.15, -0.1) is 0 Å². The van der Waals surface area contributed by atoms with Crippen molar-refractivity contribution < 1.29 is 9.90 Å². The standard InChI is InChI=1S/C29H38N6O2/c1-4-5-18-34(3)21-29(37)15-19-35(20-16-29)27(36)23-8-12-25(13-9-23)32-28-30-17-14-26(33-28)31-24-10-6-22(2)7-11-24/h6-14,17,37H,4-5,15-16,18-21H2,1-3H3,(H2,30,31,32,33). The van der Waals surface area contributed by atoms with Crippen LogP contribution in [0.15, 0.2) is 60.8 Å². The third-order valence-electron chi connectivity index (χ3n) is 6.81. The normalized spacial score (nSPS) is 15.0. The number of benzene rings is 2. The van der Waals surface area contributed by atoms with E-state index in [1.54, 1.807) is 6.20 Å². The molecule has 3 N–H and O–H groups in total. The van der Waals surface area contributed by atoms with Gasteiger partial charge >= 0.3 is 0 Å². The van der Waals surface area contributed by atoms with E-state index >= 15 is 0 Å². The second-order valence-electron chi connectivity index (χ2n) is 10.1. The average Bonchev–Trinajstić information content (AvgIpc) is 2.89. The van der Waals surface area contributed by atoms with Crippen LogP contribution in [-0.4, -0.2) is 69.6 Å². The van der Waals surface area contributed by atoms with Gasteiger partial charge in [0.15, 0.2) is 0 Å². The van der Waals surface area contributed by atoms with Gasteiger partial charge in [-0.25, -0.2) is 4.98 Å². The highest BCUT2D eigenvalue weighted by atomic mass is 16.3. The number of amides is 1.